The summed E-state index contributed by atoms with van der Waals surface area (Å²) >= 11 is 0. The third kappa shape index (κ3) is 4.26. The van der Waals surface area contributed by atoms with Gasteiger partial charge in [0.15, 0.2) is 0 Å². The quantitative estimate of drug-likeness (QED) is 0.583. The first-order valence-electron chi connectivity index (χ1n) is 6.08. The Labute approximate surface area is 111 Å². The lowest BCUT2D eigenvalue weighted by Gasteiger charge is -2.12. The van der Waals surface area contributed by atoms with Gasteiger partial charge in [0.25, 0.3) is 0 Å². The van der Waals surface area contributed by atoms with Crippen LogP contribution in [0.1, 0.15) is 36.5 Å². The molecule has 5 N–H and O–H groups in total. The van der Waals surface area contributed by atoms with Crippen LogP contribution in [0.3, 0.4) is 0 Å². The molecule has 0 aliphatic heterocycles. The van der Waals surface area contributed by atoms with Crippen LogP contribution in [-0.2, 0) is 4.79 Å². The highest BCUT2D eigenvalue weighted by Gasteiger charge is 2.15. The second-order valence-corrected chi connectivity index (χ2v) is 4.28. The third-order valence-corrected chi connectivity index (χ3v) is 2.70. The minimum Gasteiger partial charge on any atom is -0.507 e. The van der Waals surface area contributed by atoms with E-state index in [1.165, 1.54) is 18.2 Å². The Kier molecular flexibility index (Phi) is 5.32. The van der Waals surface area contributed by atoms with E-state index in [2.05, 4.69) is 5.32 Å². The van der Waals surface area contributed by atoms with Crippen LogP contribution in [0.2, 0.25) is 0 Å². The summed E-state index contributed by atoms with van der Waals surface area (Å²) in [6.07, 6.45) is 2.38. The maximum atomic E-state index is 11.7. The molecule has 104 valence electrons. The van der Waals surface area contributed by atoms with Gasteiger partial charge in [-0.3, -0.25) is 4.79 Å². The van der Waals surface area contributed by atoms with E-state index in [0.29, 0.717) is 12.1 Å². The Morgan fingerprint density at radius 3 is 2.68 bits per heavy atom. The van der Waals surface area contributed by atoms with E-state index in [0.717, 1.165) is 12.8 Å². The SMILES string of the molecule is CCCC[C@H](N)C(=O)Nc1ccc(O)c(C(=O)O)c1. The van der Waals surface area contributed by atoms with Crippen molar-refractivity contribution in [3.05, 3.63) is 23.8 Å². The Morgan fingerprint density at radius 1 is 1.42 bits per heavy atom. The lowest BCUT2D eigenvalue weighted by Crippen LogP contribution is -2.35. The predicted molar refractivity (Wildman–Crippen MR) is 71.2 cm³/mol. The van der Waals surface area contributed by atoms with Gasteiger partial charge in [0.1, 0.15) is 11.3 Å². The Hall–Kier alpha value is -2.08. The molecule has 0 aliphatic carbocycles. The monoisotopic (exact) mass is 266 g/mol. The minimum atomic E-state index is -1.26. The van der Waals surface area contributed by atoms with E-state index in [9.17, 15) is 14.7 Å². The third-order valence-electron chi connectivity index (χ3n) is 2.70. The van der Waals surface area contributed by atoms with Crippen molar-refractivity contribution in [1.82, 2.24) is 0 Å². The number of rotatable bonds is 6. The second-order valence-electron chi connectivity index (χ2n) is 4.28. The molecule has 1 aromatic rings. The molecule has 0 heterocycles. The molecule has 0 saturated heterocycles. The molecular formula is C13H18N2O4. The normalized spacial score (nSPS) is 11.9. The molecule has 0 radical (unpaired) electrons. The van der Waals surface area contributed by atoms with Gasteiger partial charge in [0, 0.05) is 5.69 Å². The molecule has 0 aromatic heterocycles. The zero-order valence-corrected chi connectivity index (χ0v) is 10.7. The van der Waals surface area contributed by atoms with Crippen molar-refractivity contribution in [2.75, 3.05) is 5.32 Å². The van der Waals surface area contributed by atoms with Crippen LogP contribution in [0, 0.1) is 0 Å². The Bertz CT molecular complexity index is 474. The minimum absolute atomic E-state index is 0.264. The Morgan fingerprint density at radius 2 is 2.11 bits per heavy atom. The van der Waals surface area contributed by atoms with Crippen molar-refractivity contribution in [3.8, 4) is 5.75 Å². The molecule has 0 unspecified atom stereocenters. The fourth-order valence-corrected chi connectivity index (χ4v) is 1.58. The highest BCUT2D eigenvalue weighted by Crippen LogP contribution is 2.21. The van der Waals surface area contributed by atoms with E-state index < -0.39 is 12.0 Å². The van der Waals surface area contributed by atoms with Gasteiger partial charge in [-0.1, -0.05) is 19.8 Å². The summed E-state index contributed by atoms with van der Waals surface area (Å²) in [5, 5.41) is 20.7. The molecule has 1 rings (SSSR count). The highest BCUT2D eigenvalue weighted by molar-refractivity contribution is 5.97. The predicted octanol–water partition coefficient (Wildman–Crippen LogP) is 1.55. The molecule has 1 amide bonds. The van der Waals surface area contributed by atoms with Crippen molar-refractivity contribution in [2.24, 2.45) is 5.73 Å². The standard InChI is InChI=1S/C13H18N2O4/c1-2-3-4-10(14)12(17)15-8-5-6-11(16)9(7-8)13(18)19/h5-7,10,16H,2-4,14H2,1H3,(H,15,17)(H,18,19)/t10-/m0/s1. The second kappa shape index (κ2) is 6.75. The van der Waals surface area contributed by atoms with Gasteiger partial charge in [-0.05, 0) is 24.6 Å². The summed E-state index contributed by atoms with van der Waals surface area (Å²) in [5.74, 6) is -1.97. The summed E-state index contributed by atoms with van der Waals surface area (Å²) in [5.41, 5.74) is 5.74. The molecular weight excluding hydrogens is 248 g/mol. The highest BCUT2D eigenvalue weighted by atomic mass is 16.4. The van der Waals surface area contributed by atoms with Crippen molar-refractivity contribution in [2.45, 2.75) is 32.2 Å². The van der Waals surface area contributed by atoms with Crippen molar-refractivity contribution < 1.29 is 19.8 Å². The molecule has 1 aromatic carbocycles. The lowest BCUT2D eigenvalue weighted by atomic mass is 10.1. The number of aromatic hydroxyl groups is 1. The largest absolute Gasteiger partial charge is 0.507 e. The number of hydrogen-bond acceptors (Lipinski definition) is 4. The van der Waals surface area contributed by atoms with E-state index in [1.54, 1.807) is 0 Å². The van der Waals surface area contributed by atoms with E-state index in [1.807, 2.05) is 6.92 Å². The molecule has 0 bridgehead atoms. The van der Waals surface area contributed by atoms with Gasteiger partial charge < -0.3 is 21.3 Å². The summed E-state index contributed by atoms with van der Waals surface area (Å²) in [7, 11) is 0. The zero-order chi connectivity index (χ0) is 14.4. The van der Waals surface area contributed by atoms with Gasteiger partial charge in [0.05, 0.1) is 6.04 Å². The summed E-state index contributed by atoms with van der Waals surface area (Å²) < 4.78 is 0. The summed E-state index contributed by atoms with van der Waals surface area (Å²) in [6, 6.07) is 3.22. The van der Waals surface area contributed by atoms with Gasteiger partial charge in [-0.2, -0.15) is 0 Å². The van der Waals surface area contributed by atoms with E-state index in [-0.39, 0.29) is 17.2 Å². The van der Waals surface area contributed by atoms with Gasteiger partial charge in [-0.25, -0.2) is 4.79 Å². The van der Waals surface area contributed by atoms with Crippen LogP contribution in [0.5, 0.6) is 5.75 Å². The first-order chi connectivity index (χ1) is 8.95. The van der Waals surface area contributed by atoms with E-state index >= 15 is 0 Å². The average molecular weight is 266 g/mol. The van der Waals surface area contributed by atoms with Crippen LogP contribution >= 0.6 is 0 Å². The molecule has 0 spiro atoms. The van der Waals surface area contributed by atoms with Gasteiger partial charge in [-0.15, -0.1) is 0 Å². The molecule has 0 saturated carbocycles. The van der Waals surface area contributed by atoms with Crippen LogP contribution in [0.25, 0.3) is 0 Å². The number of anilines is 1. The molecule has 0 fully saturated rings. The number of benzene rings is 1. The molecule has 1 atom stereocenters. The number of carbonyl (C=O) groups excluding carboxylic acids is 1. The number of nitrogens with one attached hydrogen (secondary N) is 1. The zero-order valence-electron chi connectivity index (χ0n) is 10.7. The van der Waals surface area contributed by atoms with Crippen molar-refractivity contribution in [3.63, 3.8) is 0 Å². The molecule has 19 heavy (non-hydrogen) atoms. The summed E-state index contributed by atoms with van der Waals surface area (Å²) in [4.78, 5) is 22.6. The maximum Gasteiger partial charge on any atom is 0.339 e. The fraction of sp³-hybridized carbons (Fsp3) is 0.385. The van der Waals surface area contributed by atoms with Crippen LogP contribution in [0.4, 0.5) is 5.69 Å². The average Bonchev–Trinajstić information content (AvgIpc) is 2.37. The Balaban J connectivity index is 2.74. The number of aromatic carboxylic acids is 1. The van der Waals surface area contributed by atoms with Crippen molar-refractivity contribution >= 4 is 17.6 Å². The van der Waals surface area contributed by atoms with Crippen molar-refractivity contribution in [1.29, 1.82) is 0 Å². The van der Waals surface area contributed by atoms with Crippen LogP contribution in [-0.4, -0.2) is 28.1 Å². The van der Waals surface area contributed by atoms with Crippen LogP contribution in [0.15, 0.2) is 18.2 Å². The number of nitrogens with two attached hydrogens (primary N) is 1. The molecule has 6 nitrogen and oxygen atoms in total. The molecule has 6 heteroatoms. The topological polar surface area (TPSA) is 113 Å². The number of carbonyl (C=O) groups is 2. The first-order valence-corrected chi connectivity index (χ1v) is 6.08. The van der Waals surface area contributed by atoms with Crippen LogP contribution < -0.4 is 11.1 Å². The number of hydrogen-bond donors (Lipinski definition) is 4. The smallest absolute Gasteiger partial charge is 0.339 e. The number of carboxylic acid groups (broad SMARTS) is 1. The number of unbranched alkanes of at least 4 members (excludes halogenated alkanes) is 1. The van der Waals surface area contributed by atoms with E-state index in [4.69, 9.17) is 10.8 Å². The first kappa shape index (κ1) is 15.0. The number of amides is 1. The number of phenols is 1. The molecule has 0 aliphatic rings. The lowest BCUT2D eigenvalue weighted by molar-refractivity contribution is -0.117. The van der Waals surface area contributed by atoms with Gasteiger partial charge >= 0.3 is 5.97 Å². The van der Waals surface area contributed by atoms with Gasteiger partial charge in [0.2, 0.25) is 5.91 Å². The fourth-order valence-electron chi connectivity index (χ4n) is 1.58. The number of carboxylic acids is 1. The summed E-state index contributed by atoms with van der Waals surface area (Å²) in [6.45, 7) is 2.00. The maximum absolute atomic E-state index is 11.7.